The van der Waals surface area contributed by atoms with Crippen molar-refractivity contribution in [3.63, 3.8) is 0 Å². The van der Waals surface area contributed by atoms with Crippen LogP contribution in [-0.2, 0) is 4.79 Å². The number of aliphatic hydroxyl groups is 1. The highest BCUT2D eigenvalue weighted by Crippen LogP contribution is 2.20. The Balaban J connectivity index is 2.15. The summed E-state index contributed by atoms with van der Waals surface area (Å²) in [4.78, 5) is 13.1. The lowest BCUT2D eigenvalue weighted by Crippen LogP contribution is -2.36. The first-order valence-corrected chi connectivity index (χ1v) is 5.76. The minimum Gasteiger partial charge on any atom is -0.393 e. The minimum absolute atomic E-state index is 0.183. The van der Waals surface area contributed by atoms with Crippen molar-refractivity contribution in [2.24, 2.45) is 11.7 Å². The molecule has 0 spiro atoms. The van der Waals surface area contributed by atoms with Crippen molar-refractivity contribution >= 4 is 5.91 Å². The van der Waals surface area contributed by atoms with E-state index in [1.165, 1.54) is 0 Å². The maximum absolute atomic E-state index is 10.7. The van der Waals surface area contributed by atoms with E-state index in [0.717, 1.165) is 38.9 Å². The number of nitrogens with zero attached hydrogens (tertiary/aromatic N) is 1. The van der Waals surface area contributed by atoms with Gasteiger partial charge in [-0.15, -0.1) is 0 Å². The molecular formula is C11H22N2O2. The molecule has 0 radical (unpaired) electrons. The first-order chi connectivity index (χ1) is 7.08. The number of nitrogens with two attached hydrogens (primary N) is 1. The highest BCUT2D eigenvalue weighted by atomic mass is 16.3. The van der Waals surface area contributed by atoms with Crippen LogP contribution >= 0.6 is 0 Å². The molecular weight excluding hydrogens is 192 g/mol. The number of carbonyl (C=O) groups excluding carboxylic acids is 1. The molecule has 1 fully saturated rings. The summed E-state index contributed by atoms with van der Waals surface area (Å²) in [6.07, 6.45) is 3.27. The average molecular weight is 214 g/mol. The summed E-state index contributed by atoms with van der Waals surface area (Å²) in [5.41, 5.74) is 5.17. The Bertz CT molecular complexity index is 199. The smallest absolute Gasteiger partial charge is 0.217 e. The van der Waals surface area contributed by atoms with Crippen LogP contribution in [0, 0.1) is 5.92 Å². The molecule has 1 heterocycles. The monoisotopic (exact) mass is 214 g/mol. The molecule has 0 aromatic carbocycles. The van der Waals surface area contributed by atoms with E-state index in [1.54, 1.807) is 0 Å². The first-order valence-electron chi connectivity index (χ1n) is 5.76. The number of likely N-dealkylation sites (tertiary alicyclic amines) is 1. The van der Waals surface area contributed by atoms with Gasteiger partial charge < -0.3 is 15.7 Å². The van der Waals surface area contributed by atoms with Gasteiger partial charge in [0.1, 0.15) is 0 Å². The lowest BCUT2D eigenvalue weighted by atomic mass is 9.93. The molecule has 1 rings (SSSR count). The summed E-state index contributed by atoms with van der Waals surface area (Å²) < 4.78 is 0. The standard InChI is InChI=1S/C11H22N2O2/c1-9(14)2-5-13-6-3-10(4-7-13)8-11(12)15/h9-10,14H,2-8H2,1H3,(H2,12,15). The Morgan fingerprint density at radius 1 is 1.53 bits per heavy atom. The van der Waals surface area contributed by atoms with Gasteiger partial charge in [0.05, 0.1) is 6.10 Å². The Labute approximate surface area is 91.4 Å². The molecule has 1 amide bonds. The van der Waals surface area contributed by atoms with Crippen molar-refractivity contribution in [3.05, 3.63) is 0 Å². The fourth-order valence-corrected chi connectivity index (χ4v) is 2.07. The van der Waals surface area contributed by atoms with Gasteiger partial charge in [0.25, 0.3) is 0 Å². The minimum atomic E-state index is -0.214. The lowest BCUT2D eigenvalue weighted by molar-refractivity contribution is -0.119. The van der Waals surface area contributed by atoms with Crippen molar-refractivity contribution in [2.45, 2.75) is 38.7 Å². The number of hydrogen-bond donors (Lipinski definition) is 2. The third kappa shape index (κ3) is 5.14. The highest BCUT2D eigenvalue weighted by molar-refractivity contribution is 5.73. The maximum Gasteiger partial charge on any atom is 0.217 e. The quantitative estimate of drug-likeness (QED) is 0.693. The van der Waals surface area contributed by atoms with E-state index >= 15 is 0 Å². The Morgan fingerprint density at radius 3 is 2.60 bits per heavy atom. The van der Waals surface area contributed by atoms with Crippen molar-refractivity contribution in [1.29, 1.82) is 0 Å². The molecule has 1 unspecified atom stereocenters. The molecule has 1 aliphatic heterocycles. The summed E-state index contributed by atoms with van der Waals surface area (Å²) in [7, 11) is 0. The lowest BCUT2D eigenvalue weighted by Gasteiger charge is -2.31. The number of piperidine rings is 1. The van der Waals surface area contributed by atoms with E-state index in [1.807, 2.05) is 6.92 Å². The summed E-state index contributed by atoms with van der Waals surface area (Å²) in [5, 5.41) is 9.17. The van der Waals surface area contributed by atoms with Crippen molar-refractivity contribution in [1.82, 2.24) is 4.90 Å². The van der Waals surface area contributed by atoms with Crippen LogP contribution in [0.25, 0.3) is 0 Å². The molecule has 3 N–H and O–H groups in total. The molecule has 15 heavy (non-hydrogen) atoms. The topological polar surface area (TPSA) is 66.6 Å². The van der Waals surface area contributed by atoms with Crippen molar-refractivity contribution < 1.29 is 9.90 Å². The number of amides is 1. The molecule has 0 aromatic rings. The summed E-state index contributed by atoms with van der Waals surface area (Å²) in [5.74, 6) is 0.294. The van der Waals surface area contributed by atoms with Crippen LogP contribution in [-0.4, -0.2) is 41.7 Å². The molecule has 0 saturated carbocycles. The Kier molecular flexibility index (Phi) is 5.05. The summed E-state index contributed by atoms with van der Waals surface area (Å²) in [6, 6.07) is 0. The second-order valence-corrected chi connectivity index (χ2v) is 4.59. The fourth-order valence-electron chi connectivity index (χ4n) is 2.07. The van der Waals surface area contributed by atoms with Crippen LogP contribution in [0.2, 0.25) is 0 Å². The molecule has 1 atom stereocenters. The molecule has 4 nitrogen and oxygen atoms in total. The van der Waals surface area contributed by atoms with E-state index in [-0.39, 0.29) is 12.0 Å². The number of aliphatic hydroxyl groups excluding tert-OH is 1. The fraction of sp³-hybridized carbons (Fsp3) is 0.909. The largest absolute Gasteiger partial charge is 0.393 e. The van der Waals surface area contributed by atoms with Gasteiger partial charge in [0.15, 0.2) is 0 Å². The third-order valence-corrected chi connectivity index (χ3v) is 3.06. The predicted octanol–water partition coefficient (Wildman–Crippen LogP) is 0.345. The first kappa shape index (κ1) is 12.5. The van der Waals surface area contributed by atoms with E-state index in [4.69, 9.17) is 10.8 Å². The zero-order valence-electron chi connectivity index (χ0n) is 9.48. The van der Waals surface area contributed by atoms with Crippen LogP contribution in [0.3, 0.4) is 0 Å². The normalized spacial score (nSPS) is 21.5. The number of primary amides is 1. The summed E-state index contributed by atoms with van der Waals surface area (Å²) >= 11 is 0. The average Bonchev–Trinajstić information content (AvgIpc) is 2.16. The Morgan fingerprint density at radius 2 is 2.13 bits per heavy atom. The van der Waals surface area contributed by atoms with Gasteiger partial charge >= 0.3 is 0 Å². The third-order valence-electron chi connectivity index (χ3n) is 3.06. The van der Waals surface area contributed by atoms with Gasteiger partial charge in [-0.25, -0.2) is 0 Å². The van der Waals surface area contributed by atoms with Crippen LogP contribution in [0.5, 0.6) is 0 Å². The van der Waals surface area contributed by atoms with Crippen LogP contribution in [0.15, 0.2) is 0 Å². The molecule has 1 saturated heterocycles. The zero-order valence-corrected chi connectivity index (χ0v) is 9.48. The van der Waals surface area contributed by atoms with E-state index in [9.17, 15) is 4.79 Å². The predicted molar refractivity (Wildman–Crippen MR) is 59.3 cm³/mol. The molecule has 88 valence electrons. The zero-order chi connectivity index (χ0) is 11.3. The number of carbonyl (C=O) groups is 1. The van der Waals surface area contributed by atoms with Gasteiger partial charge in [-0.2, -0.15) is 0 Å². The SMILES string of the molecule is CC(O)CCN1CCC(CC(N)=O)CC1. The number of rotatable bonds is 5. The molecule has 0 aliphatic carbocycles. The number of hydrogen-bond acceptors (Lipinski definition) is 3. The Hall–Kier alpha value is -0.610. The molecule has 1 aliphatic rings. The van der Waals surface area contributed by atoms with Crippen LogP contribution in [0.1, 0.15) is 32.6 Å². The maximum atomic E-state index is 10.7. The molecule has 4 heteroatoms. The van der Waals surface area contributed by atoms with Crippen LogP contribution < -0.4 is 5.73 Å². The molecule has 0 aromatic heterocycles. The van der Waals surface area contributed by atoms with Crippen LogP contribution in [0.4, 0.5) is 0 Å². The molecule has 0 bridgehead atoms. The van der Waals surface area contributed by atoms with Crippen molar-refractivity contribution in [3.8, 4) is 0 Å². The van der Waals surface area contributed by atoms with Gasteiger partial charge in [0, 0.05) is 13.0 Å². The summed E-state index contributed by atoms with van der Waals surface area (Å²) in [6.45, 7) is 4.84. The second kappa shape index (κ2) is 6.08. The highest BCUT2D eigenvalue weighted by Gasteiger charge is 2.20. The van der Waals surface area contributed by atoms with E-state index in [2.05, 4.69) is 4.90 Å². The van der Waals surface area contributed by atoms with Gasteiger partial charge in [-0.05, 0) is 45.2 Å². The van der Waals surface area contributed by atoms with E-state index in [0.29, 0.717) is 12.3 Å². The van der Waals surface area contributed by atoms with Gasteiger partial charge in [-0.1, -0.05) is 0 Å². The van der Waals surface area contributed by atoms with E-state index < -0.39 is 0 Å². The van der Waals surface area contributed by atoms with Gasteiger partial charge in [0.2, 0.25) is 5.91 Å². The van der Waals surface area contributed by atoms with Gasteiger partial charge in [-0.3, -0.25) is 4.79 Å². The second-order valence-electron chi connectivity index (χ2n) is 4.59. The van der Waals surface area contributed by atoms with Crippen molar-refractivity contribution in [2.75, 3.05) is 19.6 Å².